The van der Waals surface area contributed by atoms with Gasteiger partial charge in [0.25, 0.3) is 0 Å². The Hall–Kier alpha value is -2.36. The molecular weight excluding hydrogens is 310 g/mol. The molecule has 2 fully saturated rings. The molecule has 25 heavy (non-hydrogen) atoms. The standard InChI is InChI=1S/C21H23N3O/c1-14-16(5-3-11-22-14)15-7-8-17-19(13-15)24-12-4-6-18(24)20(25)23(2)21(17)9-10-21/h3,5,7-8,11,13,18H,4,6,9-10,12H2,1-2H3. The van der Waals surface area contributed by atoms with Gasteiger partial charge in [0.05, 0.1) is 5.54 Å². The highest BCUT2D eigenvalue weighted by atomic mass is 16.2. The number of amides is 1. The van der Waals surface area contributed by atoms with Crippen LogP contribution in [-0.2, 0) is 10.3 Å². The third-order valence-electron chi connectivity index (χ3n) is 6.36. The van der Waals surface area contributed by atoms with Crippen LogP contribution in [0.2, 0.25) is 0 Å². The first-order valence-electron chi connectivity index (χ1n) is 9.23. The highest BCUT2D eigenvalue weighted by Crippen LogP contribution is 2.56. The zero-order chi connectivity index (χ0) is 17.2. The molecule has 1 amide bonds. The number of rotatable bonds is 1. The van der Waals surface area contributed by atoms with E-state index in [2.05, 4.69) is 41.1 Å². The number of pyridine rings is 1. The van der Waals surface area contributed by atoms with Crippen LogP contribution in [0.1, 0.15) is 36.9 Å². The largest absolute Gasteiger partial charge is 0.359 e. The average molecular weight is 333 g/mol. The molecule has 0 radical (unpaired) electrons. The molecule has 2 aromatic rings. The number of benzene rings is 1. The quantitative estimate of drug-likeness (QED) is 0.801. The normalized spacial score (nSPS) is 23.4. The molecule has 1 aromatic heterocycles. The molecule has 1 aromatic carbocycles. The van der Waals surface area contributed by atoms with Gasteiger partial charge in [0.15, 0.2) is 0 Å². The van der Waals surface area contributed by atoms with Gasteiger partial charge in [-0.05, 0) is 50.3 Å². The van der Waals surface area contributed by atoms with Crippen molar-refractivity contribution < 1.29 is 4.79 Å². The van der Waals surface area contributed by atoms with Crippen molar-refractivity contribution in [1.29, 1.82) is 0 Å². The molecule has 128 valence electrons. The molecule has 4 heteroatoms. The van der Waals surface area contributed by atoms with Gasteiger partial charge in [0.2, 0.25) is 5.91 Å². The predicted octanol–water partition coefficient (Wildman–Crippen LogP) is 3.49. The van der Waals surface area contributed by atoms with Crippen molar-refractivity contribution in [2.75, 3.05) is 18.5 Å². The van der Waals surface area contributed by atoms with Crippen LogP contribution < -0.4 is 4.90 Å². The Morgan fingerprint density at radius 2 is 2.08 bits per heavy atom. The van der Waals surface area contributed by atoms with E-state index in [0.29, 0.717) is 5.91 Å². The molecular formula is C21H23N3O. The van der Waals surface area contributed by atoms with Gasteiger partial charge in [-0.3, -0.25) is 9.78 Å². The lowest BCUT2D eigenvalue weighted by Crippen LogP contribution is -2.44. The van der Waals surface area contributed by atoms with E-state index in [9.17, 15) is 4.79 Å². The number of aromatic nitrogens is 1. The van der Waals surface area contributed by atoms with Crippen molar-refractivity contribution in [3.05, 3.63) is 47.8 Å². The van der Waals surface area contributed by atoms with Crippen LogP contribution in [0.15, 0.2) is 36.5 Å². The van der Waals surface area contributed by atoms with Crippen molar-refractivity contribution >= 4 is 11.6 Å². The first-order chi connectivity index (χ1) is 12.1. The van der Waals surface area contributed by atoms with E-state index in [0.717, 1.165) is 37.9 Å². The number of carbonyl (C=O) groups excluding carboxylic acids is 1. The fourth-order valence-corrected chi connectivity index (χ4v) is 4.77. The molecule has 0 N–H and O–H groups in total. The number of aryl methyl sites for hydroxylation is 1. The minimum absolute atomic E-state index is 0.00831. The first-order valence-corrected chi connectivity index (χ1v) is 9.23. The van der Waals surface area contributed by atoms with Crippen LogP contribution in [-0.4, -0.2) is 35.4 Å². The van der Waals surface area contributed by atoms with Crippen LogP contribution >= 0.6 is 0 Å². The Kier molecular flexibility index (Phi) is 3.03. The van der Waals surface area contributed by atoms with Crippen LogP contribution in [0.5, 0.6) is 0 Å². The molecule has 4 nitrogen and oxygen atoms in total. The van der Waals surface area contributed by atoms with E-state index in [1.807, 2.05) is 24.2 Å². The first kappa shape index (κ1) is 14.9. The average Bonchev–Trinajstić information content (AvgIpc) is 3.30. The molecule has 5 rings (SSSR count). The highest BCUT2D eigenvalue weighted by Gasteiger charge is 2.55. The van der Waals surface area contributed by atoms with Crippen molar-refractivity contribution in [2.24, 2.45) is 0 Å². The topological polar surface area (TPSA) is 36.4 Å². The van der Waals surface area contributed by atoms with Crippen LogP contribution in [0.25, 0.3) is 11.1 Å². The molecule has 1 atom stereocenters. The molecule has 1 saturated carbocycles. The predicted molar refractivity (Wildman–Crippen MR) is 98.5 cm³/mol. The number of likely N-dealkylation sites (N-methyl/N-ethyl adjacent to an activating group) is 1. The van der Waals surface area contributed by atoms with Crippen LogP contribution in [0.3, 0.4) is 0 Å². The number of hydrogen-bond donors (Lipinski definition) is 0. The van der Waals surface area contributed by atoms with E-state index in [-0.39, 0.29) is 11.6 Å². The summed E-state index contributed by atoms with van der Waals surface area (Å²) >= 11 is 0. The van der Waals surface area contributed by atoms with Crippen LogP contribution in [0, 0.1) is 6.92 Å². The van der Waals surface area contributed by atoms with Crippen molar-refractivity contribution in [3.8, 4) is 11.1 Å². The second-order valence-corrected chi connectivity index (χ2v) is 7.65. The number of fused-ring (bicyclic) bond motifs is 4. The Morgan fingerprint density at radius 1 is 1.24 bits per heavy atom. The van der Waals surface area contributed by atoms with Gasteiger partial charge in [0, 0.05) is 42.3 Å². The van der Waals surface area contributed by atoms with Gasteiger partial charge >= 0.3 is 0 Å². The maximum absolute atomic E-state index is 13.0. The second-order valence-electron chi connectivity index (χ2n) is 7.65. The van der Waals surface area contributed by atoms with Gasteiger partial charge in [-0.1, -0.05) is 18.2 Å². The smallest absolute Gasteiger partial charge is 0.245 e. The lowest BCUT2D eigenvalue weighted by Gasteiger charge is -2.28. The third-order valence-corrected chi connectivity index (χ3v) is 6.36. The Bertz CT molecular complexity index is 871. The molecule has 3 heterocycles. The zero-order valence-corrected chi connectivity index (χ0v) is 14.8. The summed E-state index contributed by atoms with van der Waals surface area (Å²) in [5.41, 5.74) is 5.94. The number of nitrogens with zero attached hydrogens (tertiary/aromatic N) is 3. The summed E-state index contributed by atoms with van der Waals surface area (Å²) in [5, 5.41) is 0. The SMILES string of the molecule is Cc1ncccc1-c1ccc2c(c1)N1CCCC1C(=O)N(C)C21CC1. The van der Waals surface area contributed by atoms with Gasteiger partial charge < -0.3 is 9.80 Å². The Balaban J connectivity index is 1.71. The highest BCUT2D eigenvalue weighted by molar-refractivity contribution is 5.90. The fraction of sp³-hybridized carbons (Fsp3) is 0.429. The van der Waals surface area contributed by atoms with Crippen LogP contribution in [0.4, 0.5) is 5.69 Å². The minimum Gasteiger partial charge on any atom is -0.359 e. The molecule has 1 unspecified atom stereocenters. The molecule has 3 aliphatic rings. The summed E-state index contributed by atoms with van der Waals surface area (Å²) in [4.78, 5) is 21.9. The third kappa shape index (κ3) is 2.00. The van der Waals surface area contributed by atoms with Gasteiger partial charge in [0.1, 0.15) is 6.04 Å². The summed E-state index contributed by atoms with van der Waals surface area (Å²) < 4.78 is 0. The van der Waals surface area contributed by atoms with Crippen molar-refractivity contribution in [1.82, 2.24) is 9.88 Å². The lowest BCUT2D eigenvalue weighted by molar-refractivity contribution is -0.133. The van der Waals surface area contributed by atoms with E-state index in [4.69, 9.17) is 0 Å². The van der Waals surface area contributed by atoms with Crippen molar-refractivity contribution in [2.45, 2.75) is 44.2 Å². The van der Waals surface area contributed by atoms with Crippen molar-refractivity contribution in [3.63, 3.8) is 0 Å². The lowest BCUT2D eigenvalue weighted by atomic mass is 9.96. The fourth-order valence-electron chi connectivity index (χ4n) is 4.77. The van der Waals surface area contributed by atoms with Gasteiger partial charge in [-0.2, -0.15) is 0 Å². The Morgan fingerprint density at radius 3 is 2.84 bits per heavy atom. The molecule has 1 saturated heterocycles. The minimum atomic E-state index is -0.0702. The summed E-state index contributed by atoms with van der Waals surface area (Å²) in [5.74, 6) is 0.297. The number of anilines is 1. The maximum Gasteiger partial charge on any atom is 0.245 e. The second kappa shape index (κ2) is 5.07. The summed E-state index contributed by atoms with van der Waals surface area (Å²) in [7, 11) is 2.00. The van der Waals surface area contributed by atoms with Gasteiger partial charge in [-0.25, -0.2) is 0 Å². The zero-order valence-electron chi connectivity index (χ0n) is 14.8. The van der Waals surface area contributed by atoms with E-state index >= 15 is 0 Å². The molecule has 1 aliphatic carbocycles. The van der Waals surface area contributed by atoms with Gasteiger partial charge in [-0.15, -0.1) is 0 Å². The maximum atomic E-state index is 13.0. The molecule has 2 aliphatic heterocycles. The summed E-state index contributed by atoms with van der Waals surface area (Å²) in [6, 6.07) is 10.9. The molecule has 1 spiro atoms. The Labute approximate surface area is 148 Å². The van der Waals surface area contributed by atoms with E-state index in [1.165, 1.54) is 22.4 Å². The number of carbonyl (C=O) groups is 1. The van der Waals surface area contributed by atoms with E-state index < -0.39 is 0 Å². The van der Waals surface area contributed by atoms with E-state index in [1.54, 1.807) is 0 Å². The summed E-state index contributed by atoms with van der Waals surface area (Å²) in [6.07, 6.45) is 6.05. The summed E-state index contributed by atoms with van der Waals surface area (Å²) in [6.45, 7) is 3.03. The molecule has 0 bridgehead atoms. The number of hydrogen-bond acceptors (Lipinski definition) is 3. The monoisotopic (exact) mass is 333 g/mol.